The van der Waals surface area contributed by atoms with Gasteiger partial charge >= 0.3 is 0 Å². The van der Waals surface area contributed by atoms with Crippen LogP contribution in [-0.2, 0) is 46.1 Å². The molecular formula is C33H45NO7S. The fourth-order valence-corrected chi connectivity index (χ4v) is 7.19. The van der Waals surface area contributed by atoms with E-state index in [9.17, 15) is 8.42 Å². The monoisotopic (exact) mass is 599 g/mol. The number of nitrogens with zero attached hydrogens (tertiary/aromatic N) is 1. The predicted molar refractivity (Wildman–Crippen MR) is 162 cm³/mol. The number of aromatic nitrogens is 1. The van der Waals surface area contributed by atoms with Crippen molar-refractivity contribution in [3.05, 3.63) is 65.9 Å². The second-order valence-corrected chi connectivity index (χ2v) is 13.1. The molecule has 0 amide bonds. The summed E-state index contributed by atoms with van der Waals surface area (Å²) in [5.41, 5.74) is 2.33. The first-order valence-electron chi connectivity index (χ1n) is 15.5. The fourth-order valence-electron chi connectivity index (χ4n) is 5.82. The Morgan fingerprint density at radius 2 is 1.64 bits per heavy atom. The van der Waals surface area contributed by atoms with Crippen molar-refractivity contribution in [2.45, 2.75) is 101 Å². The Morgan fingerprint density at radius 3 is 2.38 bits per heavy atom. The summed E-state index contributed by atoms with van der Waals surface area (Å²) in [7, 11) is -3.81. The number of rotatable bonds is 15. The summed E-state index contributed by atoms with van der Waals surface area (Å²) in [6.07, 6.45) is 7.15. The van der Waals surface area contributed by atoms with Crippen LogP contribution in [0.25, 0.3) is 10.9 Å². The van der Waals surface area contributed by atoms with Crippen molar-refractivity contribution < 1.29 is 32.1 Å². The average Bonchev–Trinajstić information content (AvgIpc) is 3.58. The molecule has 0 aliphatic carbocycles. The zero-order chi connectivity index (χ0) is 29.6. The Bertz CT molecular complexity index is 1410. The van der Waals surface area contributed by atoms with Crippen LogP contribution >= 0.6 is 0 Å². The van der Waals surface area contributed by atoms with Crippen molar-refractivity contribution in [1.29, 1.82) is 0 Å². The number of benzene rings is 2. The largest absolute Gasteiger partial charge is 0.379 e. The molecule has 1 aromatic heterocycles. The van der Waals surface area contributed by atoms with Crippen LogP contribution in [-0.4, -0.2) is 57.1 Å². The van der Waals surface area contributed by atoms with E-state index >= 15 is 0 Å². The van der Waals surface area contributed by atoms with Crippen molar-refractivity contribution in [3.8, 4) is 0 Å². The summed E-state index contributed by atoms with van der Waals surface area (Å²) in [5.74, 6) is -1.24. The van der Waals surface area contributed by atoms with Crippen LogP contribution in [0.15, 0.2) is 59.6 Å². The van der Waals surface area contributed by atoms with Gasteiger partial charge in [0.25, 0.3) is 10.0 Å². The Labute approximate surface area is 250 Å². The summed E-state index contributed by atoms with van der Waals surface area (Å²) in [5, 5.41) is 0.823. The number of fused-ring (bicyclic) bond motifs is 3. The summed E-state index contributed by atoms with van der Waals surface area (Å²) in [6.45, 7) is 9.03. The van der Waals surface area contributed by atoms with Gasteiger partial charge in [0.2, 0.25) is 5.79 Å². The first-order chi connectivity index (χ1) is 20.4. The van der Waals surface area contributed by atoms with E-state index in [0.717, 1.165) is 55.0 Å². The van der Waals surface area contributed by atoms with Gasteiger partial charge in [0.1, 0.15) is 6.10 Å². The minimum absolute atomic E-state index is 0.234. The molecule has 230 valence electrons. The third kappa shape index (κ3) is 6.32. The standard InChI is InChI=1S/C33H45NO7S/c1-4-7-17-37-24-27-21-31(38-18-8-5-2)32(39-19-9-6-3)33(41-27)29-22-30-25(20-26(29)23-40-33)15-16-34(30)42(35,36)28-13-11-10-12-14-28/h10-16,20,22,27,31-32H,4-9,17-19,21,23-24H2,1-3H3/t27-,31-,32+,33-/m0/s1. The number of unbranched alkanes of at least 4 members (excludes halogenated alkanes) is 3. The van der Waals surface area contributed by atoms with Crippen molar-refractivity contribution in [1.82, 2.24) is 3.97 Å². The maximum atomic E-state index is 13.7. The lowest BCUT2D eigenvalue weighted by molar-refractivity contribution is -0.360. The molecule has 2 aromatic carbocycles. The summed E-state index contributed by atoms with van der Waals surface area (Å²) in [6, 6.07) is 14.3. The zero-order valence-electron chi connectivity index (χ0n) is 25.1. The molecule has 5 rings (SSSR count). The van der Waals surface area contributed by atoms with Gasteiger partial charge in [-0.25, -0.2) is 12.4 Å². The highest BCUT2D eigenvalue weighted by molar-refractivity contribution is 7.90. The van der Waals surface area contributed by atoms with E-state index in [1.54, 1.807) is 36.5 Å². The lowest BCUT2D eigenvalue weighted by Gasteiger charge is -2.47. The van der Waals surface area contributed by atoms with Crippen LogP contribution in [0.3, 0.4) is 0 Å². The highest BCUT2D eigenvalue weighted by Crippen LogP contribution is 2.49. The highest BCUT2D eigenvalue weighted by Gasteiger charge is 2.57. The first-order valence-corrected chi connectivity index (χ1v) is 17.0. The van der Waals surface area contributed by atoms with E-state index in [0.29, 0.717) is 45.0 Å². The summed E-state index contributed by atoms with van der Waals surface area (Å²) >= 11 is 0. The van der Waals surface area contributed by atoms with Gasteiger partial charge < -0.3 is 23.7 Å². The van der Waals surface area contributed by atoms with Crippen molar-refractivity contribution in [2.75, 3.05) is 26.4 Å². The lowest BCUT2D eigenvalue weighted by atomic mass is 9.88. The number of hydrogen-bond donors (Lipinski definition) is 0. The molecule has 4 atom stereocenters. The summed E-state index contributed by atoms with van der Waals surface area (Å²) < 4.78 is 61.2. The van der Waals surface area contributed by atoms with Crippen LogP contribution in [0.4, 0.5) is 0 Å². The normalized spacial score (nSPS) is 24.0. The Morgan fingerprint density at radius 1 is 0.929 bits per heavy atom. The molecule has 0 N–H and O–H groups in total. The van der Waals surface area contributed by atoms with Gasteiger partial charge in [-0.15, -0.1) is 0 Å². The zero-order valence-corrected chi connectivity index (χ0v) is 25.9. The van der Waals surface area contributed by atoms with Crippen LogP contribution in [0, 0.1) is 0 Å². The molecule has 42 heavy (non-hydrogen) atoms. The SMILES string of the molecule is CCCCOC[C@@H]1C[C@H](OCCCC)[C@@H](OCCCC)[C@@]2(OCc3cc4ccn(S(=O)(=O)c5ccccc5)c4cc32)O1. The van der Waals surface area contributed by atoms with E-state index in [1.807, 2.05) is 18.2 Å². The van der Waals surface area contributed by atoms with Gasteiger partial charge in [0.05, 0.1) is 35.8 Å². The maximum Gasteiger partial charge on any atom is 0.268 e. The molecule has 2 aliphatic heterocycles. The third-order valence-corrected chi connectivity index (χ3v) is 9.82. The minimum atomic E-state index is -3.81. The van der Waals surface area contributed by atoms with E-state index in [1.165, 1.54) is 3.97 Å². The first kappa shape index (κ1) is 31.2. The third-order valence-electron chi connectivity index (χ3n) is 8.12. The van der Waals surface area contributed by atoms with Crippen molar-refractivity contribution in [2.24, 2.45) is 0 Å². The van der Waals surface area contributed by atoms with Gasteiger partial charge in [0.15, 0.2) is 0 Å². The quantitative estimate of drug-likeness (QED) is 0.184. The number of hydrogen-bond acceptors (Lipinski definition) is 7. The molecule has 1 saturated heterocycles. The number of ether oxygens (including phenoxy) is 5. The Hall–Kier alpha value is -2.27. The van der Waals surface area contributed by atoms with E-state index in [2.05, 4.69) is 20.8 Å². The molecule has 2 aliphatic rings. The second kappa shape index (κ2) is 14.0. The molecule has 0 bridgehead atoms. The van der Waals surface area contributed by atoms with Gasteiger partial charge in [-0.3, -0.25) is 0 Å². The van der Waals surface area contributed by atoms with Crippen molar-refractivity contribution >= 4 is 20.9 Å². The Balaban J connectivity index is 1.57. The molecule has 3 aromatic rings. The van der Waals surface area contributed by atoms with Crippen LogP contribution in [0.5, 0.6) is 0 Å². The lowest BCUT2D eigenvalue weighted by Crippen LogP contribution is -2.58. The minimum Gasteiger partial charge on any atom is -0.379 e. The van der Waals surface area contributed by atoms with Crippen LogP contribution in [0.2, 0.25) is 0 Å². The topological polar surface area (TPSA) is 85.2 Å². The predicted octanol–water partition coefficient (Wildman–Crippen LogP) is 6.54. The van der Waals surface area contributed by atoms with E-state index < -0.39 is 21.9 Å². The Kier molecular flexibility index (Phi) is 10.4. The molecule has 0 saturated carbocycles. The van der Waals surface area contributed by atoms with E-state index in [4.69, 9.17) is 23.7 Å². The highest BCUT2D eigenvalue weighted by atomic mass is 32.2. The van der Waals surface area contributed by atoms with Gasteiger partial charge in [-0.05, 0) is 55.2 Å². The van der Waals surface area contributed by atoms with Gasteiger partial charge in [0, 0.05) is 43.4 Å². The smallest absolute Gasteiger partial charge is 0.268 e. The van der Waals surface area contributed by atoms with Gasteiger partial charge in [-0.2, -0.15) is 0 Å². The maximum absolute atomic E-state index is 13.7. The molecule has 1 fully saturated rings. The molecular weight excluding hydrogens is 554 g/mol. The van der Waals surface area contributed by atoms with Crippen molar-refractivity contribution in [3.63, 3.8) is 0 Å². The van der Waals surface area contributed by atoms with Gasteiger partial charge in [-0.1, -0.05) is 58.2 Å². The molecule has 0 radical (unpaired) electrons. The summed E-state index contributed by atoms with van der Waals surface area (Å²) in [4.78, 5) is 0.234. The van der Waals surface area contributed by atoms with E-state index in [-0.39, 0.29) is 17.1 Å². The molecule has 9 heteroatoms. The van der Waals surface area contributed by atoms with Crippen LogP contribution in [0.1, 0.15) is 76.8 Å². The molecule has 0 unspecified atom stereocenters. The second-order valence-electron chi connectivity index (χ2n) is 11.3. The average molecular weight is 600 g/mol. The molecule has 1 spiro atoms. The molecule has 3 heterocycles. The molecule has 8 nitrogen and oxygen atoms in total. The fraction of sp³-hybridized carbons (Fsp3) is 0.576. The van der Waals surface area contributed by atoms with Crippen LogP contribution < -0.4 is 0 Å².